The van der Waals surface area contributed by atoms with Gasteiger partial charge in [-0.25, -0.2) is 4.98 Å². The van der Waals surface area contributed by atoms with E-state index in [1.165, 1.54) is 0 Å². The number of carbonyl (C=O) groups is 1. The number of H-pyrrole nitrogens is 1. The second-order valence-electron chi connectivity index (χ2n) is 6.34. The van der Waals surface area contributed by atoms with E-state index in [0.29, 0.717) is 28.7 Å². The number of amides is 1. The molecule has 3 aromatic rings. The van der Waals surface area contributed by atoms with Gasteiger partial charge >= 0.3 is 0 Å². The van der Waals surface area contributed by atoms with E-state index < -0.39 is 0 Å². The summed E-state index contributed by atoms with van der Waals surface area (Å²) in [5.74, 6) is 0.0326. The summed E-state index contributed by atoms with van der Waals surface area (Å²) in [5, 5.41) is 2.43. The van der Waals surface area contributed by atoms with Crippen LogP contribution >= 0.6 is 23.2 Å². The Bertz CT molecular complexity index is 968. The molecule has 132 valence electrons. The van der Waals surface area contributed by atoms with E-state index in [-0.39, 0.29) is 5.91 Å². The van der Waals surface area contributed by atoms with Crippen LogP contribution in [0.25, 0.3) is 10.9 Å². The Morgan fingerprint density at radius 1 is 0.923 bits per heavy atom. The van der Waals surface area contributed by atoms with E-state index >= 15 is 0 Å². The van der Waals surface area contributed by atoms with Gasteiger partial charge in [-0.3, -0.25) is 4.79 Å². The quantitative estimate of drug-likeness (QED) is 0.669. The number of nitrogens with zero attached hydrogens (tertiary/aromatic N) is 2. The SMILES string of the molecule is O=C(c1cccc(Cl)c1)N1CCN(c2cc[nH+]c3cc(Cl)ccc23)CC1. The standard InChI is InChI=1S/C20H17Cl2N3O/c21-15-3-1-2-14(12-15)20(26)25-10-8-24(9-11-25)19-6-7-23-18-13-16(22)4-5-17(18)19/h1-7,12-13H,8-11H2/p+1. The van der Waals surface area contributed by atoms with E-state index in [4.69, 9.17) is 23.2 Å². The number of halogens is 2. The summed E-state index contributed by atoms with van der Waals surface area (Å²) in [6, 6.07) is 15.1. The van der Waals surface area contributed by atoms with Crippen LogP contribution in [0.5, 0.6) is 0 Å². The maximum atomic E-state index is 12.7. The Hall–Kier alpha value is -2.30. The van der Waals surface area contributed by atoms with Crippen molar-refractivity contribution < 1.29 is 9.78 Å². The van der Waals surface area contributed by atoms with Gasteiger partial charge in [0.1, 0.15) is 0 Å². The van der Waals surface area contributed by atoms with Gasteiger partial charge in [-0.1, -0.05) is 29.3 Å². The number of carbonyl (C=O) groups excluding carboxylic acids is 1. The predicted octanol–water partition coefficient (Wildman–Crippen LogP) is 3.92. The van der Waals surface area contributed by atoms with Crippen LogP contribution in [0.3, 0.4) is 0 Å². The lowest BCUT2D eigenvalue weighted by atomic mass is 10.1. The van der Waals surface area contributed by atoms with Crippen LogP contribution in [0, 0.1) is 0 Å². The van der Waals surface area contributed by atoms with Crippen LogP contribution in [0.1, 0.15) is 10.4 Å². The van der Waals surface area contributed by atoms with Gasteiger partial charge in [0, 0.05) is 53.9 Å². The highest BCUT2D eigenvalue weighted by Crippen LogP contribution is 2.27. The summed E-state index contributed by atoms with van der Waals surface area (Å²) < 4.78 is 0. The Labute approximate surface area is 161 Å². The van der Waals surface area contributed by atoms with Crippen molar-refractivity contribution in [3.8, 4) is 0 Å². The molecule has 1 N–H and O–H groups in total. The lowest BCUT2D eigenvalue weighted by Gasteiger charge is -2.36. The number of piperazine rings is 1. The zero-order valence-electron chi connectivity index (χ0n) is 14.1. The minimum atomic E-state index is 0.0326. The molecular formula is C20H18Cl2N3O+. The Balaban J connectivity index is 1.51. The normalized spacial score (nSPS) is 14.7. The Kier molecular flexibility index (Phi) is 4.70. The summed E-state index contributed by atoms with van der Waals surface area (Å²) in [4.78, 5) is 20.1. The molecule has 1 amide bonds. The number of rotatable bonds is 2. The lowest BCUT2D eigenvalue weighted by molar-refractivity contribution is -0.344. The number of anilines is 1. The molecule has 0 saturated carbocycles. The molecule has 0 unspecified atom stereocenters. The minimum absolute atomic E-state index is 0.0326. The molecule has 1 fully saturated rings. The first-order valence-corrected chi connectivity index (χ1v) is 9.27. The highest BCUT2D eigenvalue weighted by atomic mass is 35.5. The van der Waals surface area contributed by atoms with Crippen molar-refractivity contribution in [1.29, 1.82) is 0 Å². The van der Waals surface area contributed by atoms with Gasteiger partial charge in [0.2, 0.25) is 5.52 Å². The topological polar surface area (TPSA) is 37.7 Å². The number of aromatic amines is 1. The Morgan fingerprint density at radius 2 is 1.69 bits per heavy atom. The molecule has 1 aromatic heterocycles. The summed E-state index contributed by atoms with van der Waals surface area (Å²) in [6.45, 7) is 2.93. The van der Waals surface area contributed by atoms with E-state index in [1.54, 1.807) is 12.1 Å². The highest BCUT2D eigenvalue weighted by Gasteiger charge is 2.24. The molecule has 2 aromatic carbocycles. The smallest absolute Gasteiger partial charge is 0.254 e. The van der Waals surface area contributed by atoms with Gasteiger partial charge in [0.25, 0.3) is 5.91 Å². The fourth-order valence-electron chi connectivity index (χ4n) is 3.39. The van der Waals surface area contributed by atoms with Crippen molar-refractivity contribution >= 4 is 45.7 Å². The molecule has 0 aliphatic carbocycles. The van der Waals surface area contributed by atoms with Crippen molar-refractivity contribution in [3.63, 3.8) is 0 Å². The van der Waals surface area contributed by atoms with Crippen LogP contribution in [0.15, 0.2) is 54.7 Å². The molecule has 0 spiro atoms. The van der Waals surface area contributed by atoms with Gasteiger partial charge in [-0.05, 0) is 30.3 Å². The zero-order chi connectivity index (χ0) is 18.1. The van der Waals surface area contributed by atoms with Gasteiger partial charge in [-0.15, -0.1) is 0 Å². The number of nitrogens with one attached hydrogen (secondary N) is 1. The van der Waals surface area contributed by atoms with E-state index in [2.05, 4.69) is 16.0 Å². The summed E-state index contributed by atoms with van der Waals surface area (Å²) in [7, 11) is 0. The Morgan fingerprint density at radius 3 is 2.46 bits per heavy atom. The third-order valence-corrected chi connectivity index (χ3v) is 5.19. The largest absolute Gasteiger partial charge is 0.367 e. The average Bonchev–Trinajstić information content (AvgIpc) is 2.67. The minimum Gasteiger partial charge on any atom is -0.367 e. The molecule has 4 rings (SSSR count). The third-order valence-electron chi connectivity index (χ3n) is 4.72. The van der Waals surface area contributed by atoms with Crippen molar-refractivity contribution in [3.05, 3.63) is 70.3 Å². The van der Waals surface area contributed by atoms with E-state index in [1.807, 2.05) is 41.4 Å². The molecule has 1 aliphatic heterocycles. The monoisotopic (exact) mass is 386 g/mol. The zero-order valence-corrected chi connectivity index (χ0v) is 15.6. The summed E-state index contributed by atoms with van der Waals surface area (Å²) in [6.07, 6.45) is 1.93. The van der Waals surface area contributed by atoms with Crippen molar-refractivity contribution in [1.82, 2.24) is 4.90 Å². The van der Waals surface area contributed by atoms with Crippen LogP contribution in [-0.2, 0) is 0 Å². The number of pyridine rings is 1. The molecular weight excluding hydrogens is 369 g/mol. The van der Waals surface area contributed by atoms with Crippen LogP contribution < -0.4 is 9.88 Å². The summed E-state index contributed by atoms with van der Waals surface area (Å²) >= 11 is 12.1. The first-order valence-electron chi connectivity index (χ1n) is 8.51. The van der Waals surface area contributed by atoms with Gasteiger partial charge < -0.3 is 9.80 Å². The number of fused-ring (bicyclic) bond motifs is 1. The maximum Gasteiger partial charge on any atom is 0.254 e. The van der Waals surface area contributed by atoms with Crippen LogP contribution in [0.4, 0.5) is 5.69 Å². The fraction of sp³-hybridized carbons (Fsp3) is 0.200. The van der Waals surface area contributed by atoms with Gasteiger partial charge in [0.15, 0.2) is 6.20 Å². The van der Waals surface area contributed by atoms with Crippen LogP contribution in [0.2, 0.25) is 10.0 Å². The highest BCUT2D eigenvalue weighted by molar-refractivity contribution is 6.31. The van der Waals surface area contributed by atoms with Crippen molar-refractivity contribution in [2.75, 3.05) is 31.1 Å². The second kappa shape index (κ2) is 7.14. The average molecular weight is 387 g/mol. The first kappa shape index (κ1) is 17.1. The second-order valence-corrected chi connectivity index (χ2v) is 7.22. The predicted molar refractivity (Wildman–Crippen MR) is 105 cm³/mol. The number of benzene rings is 2. The molecule has 2 heterocycles. The van der Waals surface area contributed by atoms with Gasteiger partial charge in [-0.2, -0.15) is 0 Å². The summed E-state index contributed by atoms with van der Waals surface area (Å²) in [5.41, 5.74) is 2.80. The molecule has 26 heavy (non-hydrogen) atoms. The van der Waals surface area contributed by atoms with Crippen molar-refractivity contribution in [2.24, 2.45) is 0 Å². The maximum absolute atomic E-state index is 12.7. The van der Waals surface area contributed by atoms with Crippen LogP contribution in [-0.4, -0.2) is 37.0 Å². The molecule has 0 bridgehead atoms. The van der Waals surface area contributed by atoms with E-state index in [9.17, 15) is 4.79 Å². The molecule has 1 aliphatic rings. The third kappa shape index (κ3) is 3.35. The molecule has 4 nitrogen and oxygen atoms in total. The number of hydrogen-bond acceptors (Lipinski definition) is 2. The van der Waals surface area contributed by atoms with E-state index in [0.717, 1.165) is 29.7 Å². The molecule has 1 saturated heterocycles. The molecule has 6 heteroatoms. The van der Waals surface area contributed by atoms with Crippen molar-refractivity contribution in [2.45, 2.75) is 0 Å². The number of aromatic nitrogens is 1. The fourth-order valence-corrected chi connectivity index (χ4v) is 3.75. The molecule has 0 atom stereocenters. The van der Waals surface area contributed by atoms with Gasteiger partial charge in [0.05, 0.1) is 11.1 Å². The molecule has 0 radical (unpaired) electrons. The first-order chi connectivity index (χ1) is 12.6. The number of hydrogen-bond donors (Lipinski definition) is 0. The lowest BCUT2D eigenvalue weighted by Crippen LogP contribution is -2.48.